The molecule has 1 aromatic carbocycles. The summed E-state index contributed by atoms with van der Waals surface area (Å²) in [4.78, 5) is 21.9. The molecule has 1 saturated heterocycles. The summed E-state index contributed by atoms with van der Waals surface area (Å²) in [7, 11) is 0. The van der Waals surface area contributed by atoms with Crippen molar-refractivity contribution >= 4 is 17.4 Å². The molecular formula is C13H18N4O4. The van der Waals surface area contributed by atoms with Crippen LogP contribution in [0.25, 0.3) is 0 Å². The van der Waals surface area contributed by atoms with Crippen LogP contribution in [0.3, 0.4) is 0 Å². The molecule has 1 heterocycles. The smallest absolute Gasteiger partial charge is 0.333 e. The van der Waals surface area contributed by atoms with Gasteiger partial charge in [0, 0.05) is 18.7 Å². The minimum absolute atomic E-state index is 0.0357. The summed E-state index contributed by atoms with van der Waals surface area (Å²) in [6.45, 7) is 2.60. The fourth-order valence-electron chi connectivity index (χ4n) is 2.16. The number of anilines is 1. The molecule has 1 aliphatic rings. The first kappa shape index (κ1) is 15.0. The van der Waals surface area contributed by atoms with Gasteiger partial charge in [0.25, 0.3) is 5.69 Å². The zero-order valence-corrected chi connectivity index (χ0v) is 11.7. The molecule has 2 rings (SSSR count). The molecule has 0 aromatic heterocycles. The first-order chi connectivity index (χ1) is 10.1. The Labute approximate surface area is 122 Å². The summed E-state index contributed by atoms with van der Waals surface area (Å²) in [5.74, 6) is 0. The standard InChI is InChI=1S/C13H18N4O4/c1-9(12-6-3-7-21-12)14-13(18)16-15-10-4-2-5-11(8-10)17(19)20/h2,4-5,8-9,12,15H,3,6-7H2,1H3,(H2,14,16,18)/t9-,12+/m1/s1. The predicted octanol–water partition coefficient (Wildman–Crippen LogP) is 1.79. The number of ether oxygens (including phenoxy) is 1. The molecule has 0 aliphatic carbocycles. The third-order valence-electron chi connectivity index (χ3n) is 3.26. The molecule has 0 saturated carbocycles. The number of carbonyl (C=O) groups is 1. The number of hydrogen-bond donors (Lipinski definition) is 3. The highest BCUT2D eigenvalue weighted by Gasteiger charge is 2.23. The Morgan fingerprint density at radius 2 is 2.33 bits per heavy atom. The Hall–Kier alpha value is -2.35. The third-order valence-corrected chi connectivity index (χ3v) is 3.26. The number of nitrogens with one attached hydrogen (secondary N) is 3. The first-order valence-electron chi connectivity index (χ1n) is 6.75. The average Bonchev–Trinajstić information content (AvgIpc) is 2.99. The molecule has 0 unspecified atom stereocenters. The van der Waals surface area contributed by atoms with Gasteiger partial charge < -0.3 is 10.1 Å². The maximum Gasteiger partial charge on any atom is 0.333 e. The highest BCUT2D eigenvalue weighted by atomic mass is 16.6. The van der Waals surface area contributed by atoms with Crippen LogP contribution in [0.15, 0.2) is 24.3 Å². The molecule has 21 heavy (non-hydrogen) atoms. The summed E-state index contributed by atoms with van der Waals surface area (Å²) in [6, 6.07) is 5.37. The topological polar surface area (TPSA) is 106 Å². The van der Waals surface area contributed by atoms with Crippen LogP contribution in [-0.4, -0.2) is 29.7 Å². The molecule has 1 fully saturated rings. The quantitative estimate of drug-likeness (QED) is 0.567. The number of urea groups is 1. The Kier molecular flexibility index (Phi) is 4.94. The van der Waals surface area contributed by atoms with Gasteiger partial charge in [0.2, 0.25) is 0 Å². The van der Waals surface area contributed by atoms with Crippen LogP contribution in [-0.2, 0) is 4.74 Å². The zero-order valence-electron chi connectivity index (χ0n) is 11.7. The van der Waals surface area contributed by atoms with Crippen molar-refractivity contribution < 1.29 is 14.5 Å². The molecule has 3 N–H and O–H groups in total. The van der Waals surface area contributed by atoms with Crippen LogP contribution in [0, 0.1) is 10.1 Å². The monoisotopic (exact) mass is 294 g/mol. The third kappa shape index (κ3) is 4.32. The van der Waals surface area contributed by atoms with E-state index in [9.17, 15) is 14.9 Å². The van der Waals surface area contributed by atoms with Gasteiger partial charge in [-0.2, -0.15) is 0 Å². The minimum atomic E-state index is -0.495. The van der Waals surface area contributed by atoms with Crippen molar-refractivity contribution in [2.24, 2.45) is 0 Å². The second kappa shape index (κ2) is 6.89. The predicted molar refractivity (Wildman–Crippen MR) is 76.8 cm³/mol. The Morgan fingerprint density at radius 1 is 1.52 bits per heavy atom. The van der Waals surface area contributed by atoms with Crippen LogP contribution in [0.2, 0.25) is 0 Å². The number of hydrogen-bond acceptors (Lipinski definition) is 5. The largest absolute Gasteiger partial charge is 0.376 e. The maximum atomic E-state index is 11.7. The lowest BCUT2D eigenvalue weighted by Gasteiger charge is -2.20. The second-order valence-corrected chi connectivity index (χ2v) is 4.87. The Morgan fingerprint density at radius 3 is 3.00 bits per heavy atom. The molecule has 2 amide bonds. The van der Waals surface area contributed by atoms with Gasteiger partial charge >= 0.3 is 6.03 Å². The Balaban J connectivity index is 1.80. The van der Waals surface area contributed by atoms with Gasteiger partial charge in [-0.15, -0.1) is 0 Å². The molecule has 8 nitrogen and oxygen atoms in total. The van der Waals surface area contributed by atoms with Crippen molar-refractivity contribution in [3.8, 4) is 0 Å². The number of nitrogens with zero attached hydrogens (tertiary/aromatic N) is 1. The van der Waals surface area contributed by atoms with Gasteiger partial charge in [0.05, 0.1) is 22.8 Å². The van der Waals surface area contributed by atoms with Gasteiger partial charge in [0.1, 0.15) is 0 Å². The number of non-ortho nitro benzene ring substituents is 1. The molecule has 1 aliphatic heterocycles. The number of amides is 2. The summed E-state index contributed by atoms with van der Waals surface area (Å²) < 4.78 is 5.48. The molecule has 8 heteroatoms. The van der Waals surface area contributed by atoms with Crippen LogP contribution < -0.4 is 16.2 Å². The van der Waals surface area contributed by atoms with E-state index >= 15 is 0 Å². The lowest BCUT2D eigenvalue weighted by Crippen LogP contribution is -2.47. The molecule has 0 spiro atoms. The molecule has 1 aromatic rings. The van der Waals surface area contributed by atoms with Crippen molar-refractivity contribution in [1.29, 1.82) is 0 Å². The van der Waals surface area contributed by atoms with E-state index in [2.05, 4.69) is 16.2 Å². The van der Waals surface area contributed by atoms with Gasteiger partial charge in [0.15, 0.2) is 0 Å². The fourth-order valence-corrected chi connectivity index (χ4v) is 2.16. The van der Waals surface area contributed by atoms with E-state index in [0.717, 1.165) is 19.4 Å². The lowest BCUT2D eigenvalue weighted by molar-refractivity contribution is -0.384. The summed E-state index contributed by atoms with van der Waals surface area (Å²) in [5, 5.41) is 13.4. The second-order valence-electron chi connectivity index (χ2n) is 4.87. The van der Waals surface area contributed by atoms with Crippen molar-refractivity contribution in [3.63, 3.8) is 0 Å². The van der Waals surface area contributed by atoms with Crippen LogP contribution in [0.1, 0.15) is 19.8 Å². The molecule has 0 radical (unpaired) electrons. The van der Waals surface area contributed by atoms with Gasteiger partial charge in [-0.25, -0.2) is 4.79 Å². The molecular weight excluding hydrogens is 276 g/mol. The number of carbonyl (C=O) groups excluding carboxylic acids is 1. The van der Waals surface area contributed by atoms with E-state index in [1.807, 2.05) is 6.92 Å². The average molecular weight is 294 g/mol. The zero-order chi connectivity index (χ0) is 15.2. The van der Waals surface area contributed by atoms with Crippen LogP contribution >= 0.6 is 0 Å². The van der Waals surface area contributed by atoms with E-state index in [0.29, 0.717) is 5.69 Å². The number of rotatable bonds is 5. The van der Waals surface area contributed by atoms with E-state index in [1.54, 1.807) is 6.07 Å². The van der Waals surface area contributed by atoms with E-state index in [1.165, 1.54) is 18.2 Å². The summed E-state index contributed by atoms with van der Waals surface area (Å²) in [5.41, 5.74) is 5.46. The van der Waals surface area contributed by atoms with E-state index < -0.39 is 11.0 Å². The minimum Gasteiger partial charge on any atom is -0.376 e. The fraction of sp³-hybridized carbons (Fsp3) is 0.462. The number of benzene rings is 1. The molecule has 2 atom stereocenters. The van der Waals surface area contributed by atoms with E-state index in [4.69, 9.17) is 4.74 Å². The normalized spacial score (nSPS) is 18.8. The van der Waals surface area contributed by atoms with Gasteiger partial charge in [-0.05, 0) is 25.8 Å². The van der Waals surface area contributed by atoms with Gasteiger partial charge in [-0.3, -0.25) is 21.0 Å². The highest BCUT2D eigenvalue weighted by Crippen LogP contribution is 2.16. The highest BCUT2D eigenvalue weighted by molar-refractivity contribution is 5.76. The SMILES string of the molecule is C[C@@H](NC(=O)NNc1cccc([N+](=O)[O-])c1)[C@@H]1CCCO1. The van der Waals surface area contributed by atoms with Crippen LogP contribution in [0.4, 0.5) is 16.2 Å². The number of nitro benzene ring substituents is 1. The molecule has 114 valence electrons. The summed E-state index contributed by atoms with van der Waals surface area (Å²) >= 11 is 0. The van der Waals surface area contributed by atoms with Gasteiger partial charge in [-0.1, -0.05) is 6.07 Å². The van der Waals surface area contributed by atoms with E-state index in [-0.39, 0.29) is 17.8 Å². The van der Waals surface area contributed by atoms with Crippen molar-refractivity contribution in [3.05, 3.63) is 34.4 Å². The van der Waals surface area contributed by atoms with Crippen molar-refractivity contribution in [2.45, 2.75) is 31.9 Å². The van der Waals surface area contributed by atoms with Crippen molar-refractivity contribution in [2.75, 3.05) is 12.0 Å². The number of hydrazine groups is 1. The first-order valence-corrected chi connectivity index (χ1v) is 6.75. The lowest BCUT2D eigenvalue weighted by atomic mass is 10.1. The maximum absolute atomic E-state index is 11.7. The Bertz CT molecular complexity index is 517. The summed E-state index contributed by atoms with van der Waals surface area (Å²) in [6.07, 6.45) is 1.97. The number of nitro groups is 1. The molecule has 0 bridgehead atoms. The van der Waals surface area contributed by atoms with Crippen molar-refractivity contribution in [1.82, 2.24) is 10.7 Å². The van der Waals surface area contributed by atoms with Crippen LogP contribution in [0.5, 0.6) is 0 Å².